The van der Waals surface area contributed by atoms with E-state index in [9.17, 15) is 0 Å². The molecule has 0 aromatic rings. The molecule has 1 heterocycles. The van der Waals surface area contributed by atoms with Crippen molar-refractivity contribution in [3.63, 3.8) is 0 Å². The third-order valence-electron chi connectivity index (χ3n) is 3.35. The minimum atomic E-state index is 0.612. The number of rotatable bonds is 10. The smallest absolute Gasteiger partial charge is 0.0593 e. The maximum absolute atomic E-state index is 5.49. The quantitative estimate of drug-likeness (QED) is 0.604. The van der Waals surface area contributed by atoms with Crippen LogP contribution in [0.15, 0.2) is 0 Å². The fraction of sp³-hybridized carbons (Fsp3) is 1.00. The van der Waals surface area contributed by atoms with Crippen molar-refractivity contribution in [1.82, 2.24) is 10.2 Å². The van der Waals surface area contributed by atoms with E-state index in [2.05, 4.69) is 16.5 Å². The van der Waals surface area contributed by atoms with Crippen LogP contribution >= 0.6 is 11.8 Å². The molecule has 1 fully saturated rings. The average molecular weight is 276 g/mol. The molecule has 18 heavy (non-hydrogen) atoms. The van der Waals surface area contributed by atoms with Gasteiger partial charge in [-0.25, -0.2) is 0 Å². The molecule has 0 aromatic carbocycles. The Labute approximate surface area is 116 Å². The second-order valence-electron chi connectivity index (χ2n) is 4.43. The number of hydrogen-bond acceptors (Lipinski definition) is 5. The monoisotopic (exact) mass is 276 g/mol. The van der Waals surface area contributed by atoms with E-state index in [-0.39, 0.29) is 0 Å². The Bertz CT molecular complexity index is 197. The average Bonchev–Trinajstić information content (AvgIpc) is 2.85. The van der Waals surface area contributed by atoms with E-state index in [0.717, 1.165) is 52.6 Å². The van der Waals surface area contributed by atoms with Gasteiger partial charge in [0.1, 0.15) is 0 Å². The summed E-state index contributed by atoms with van der Waals surface area (Å²) in [5.74, 6) is 0. The zero-order valence-electron chi connectivity index (χ0n) is 12.0. The topological polar surface area (TPSA) is 33.7 Å². The summed E-state index contributed by atoms with van der Waals surface area (Å²) in [5, 5.41) is 4.18. The largest absolute Gasteiger partial charge is 0.380 e. The van der Waals surface area contributed by atoms with Crippen molar-refractivity contribution in [1.29, 1.82) is 0 Å². The fourth-order valence-corrected chi connectivity index (χ4v) is 3.21. The van der Waals surface area contributed by atoms with Gasteiger partial charge in [0.05, 0.1) is 13.2 Å². The molecule has 1 saturated heterocycles. The maximum atomic E-state index is 5.49. The Hall–Kier alpha value is 0.190. The molecule has 0 amide bonds. The second kappa shape index (κ2) is 10.0. The first-order valence-corrected chi connectivity index (χ1v) is 8.25. The number of nitrogens with zero attached hydrogens (tertiary/aromatic N) is 1. The van der Waals surface area contributed by atoms with Gasteiger partial charge in [-0.2, -0.15) is 11.8 Å². The molecule has 108 valence electrons. The molecule has 2 atom stereocenters. The van der Waals surface area contributed by atoms with E-state index in [1.807, 2.05) is 25.6 Å². The highest BCUT2D eigenvalue weighted by atomic mass is 32.2. The first kappa shape index (κ1) is 16.2. The van der Waals surface area contributed by atoms with Crippen molar-refractivity contribution in [3.8, 4) is 0 Å². The number of ether oxygens (including phenoxy) is 2. The Morgan fingerprint density at radius 2 is 1.72 bits per heavy atom. The number of nitrogens with one attached hydrogen (secondary N) is 1. The van der Waals surface area contributed by atoms with Crippen LogP contribution in [0.4, 0.5) is 0 Å². The van der Waals surface area contributed by atoms with Gasteiger partial charge in [0, 0.05) is 50.7 Å². The molecule has 0 saturated carbocycles. The lowest BCUT2D eigenvalue weighted by Gasteiger charge is -2.31. The minimum absolute atomic E-state index is 0.612. The molecule has 1 aliphatic heterocycles. The van der Waals surface area contributed by atoms with Crippen LogP contribution < -0.4 is 5.32 Å². The van der Waals surface area contributed by atoms with Gasteiger partial charge in [-0.1, -0.05) is 0 Å². The van der Waals surface area contributed by atoms with E-state index in [4.69, 9.17) is 9.47 Å². The lowest BCUT2D eigenvalue weighted by Crippen LogP contribution is -2.45. The van der Waals surface area contributed by atoms with Crippen LogP contribution in [0.3, 0.4) is 0 Å². The van der Waals surface area contributed by atoms with Crippen molar-refractivity contribution in [2.24, 2.45) is 0 Å². The lowest BCUT2D eigenvalue weighted by molar-refractivity contribution is 0.0675. The predicted molar refractivity (Wildman–Crippen MR) is 78.5 cm³/mol. The van der Waals surface area contributed by atoms with E-state index in [1.54, 1.807) is 0 Å². The van der Waals surface area contributed by atoms with Gasteiger partial charge in [-0.15, -0.1) is 0 Å². The normalized spacial score (nSPS) is 24.0. The molecular formula is C13H28N2O2S. The van der Waals surface area contributed by atoms with Crippen LogP contribution in [0.2, 0.25) is 0 Å². The van der Waals surface area contributed by atoms with E-state index in [0.29, 0.717) is 11.3 Å². The molecule has 0 aromatic heterocycles. The first-order valence-electron chi connectivity index (χ1n) is 6.96. The van der Waals surface area contributed by atoms with Crippen LogP contribution in [0.25, 0.3) is 0 Å². The van der Waals surface area contributed by atoms with Crippen LogP contribution in [0.1, 0.15) is 13.8 Å². The fourth-order valence-electron chi connectivity index (χ4n) is 2.34. The third-order valence-corrected chi connectivity index (χ3v) is 4.44. The first-order chi connectivity index (χ1) is 8.83. The van der Waals surface area contributed by atoms with Crippen molar-refractivity contribution in [2.45, 2.75) is 25.1 Å². The molecule has 1 aliphatic rings. The molecule has 0 bridgehead atoms. The van der Waals surface area contributed by atoms with Crippen LogP contribution in [0, 0.1) is 0 Å². The maximum Gasteiger partial charge on any atom is 0.0593 e. The SMILES string of the molecule is CCOCCN(CCOCC)C1CNCC1SC. The summed E-state index contributed by atoms with van der Waals surface area (Å²) in [6.45, 7) is 11.5. The third kappa shape index (κ3) is 5.45. The summed E-state index contributed by atoms with van der Waals surface area (Å²) in [7, 11) is 0. The standard InChI is InChI=1S/C13H28N2O2S/c1-4-16-8-6-15(7-9-17-5-2)12-10-14-11-13(12)18-3/h12-14H,4-11H2,1-3H3. The van der Waals surface area contributed by atoms with E-state index in [1.165, 1.54) is 0 Å². The summed E-state index contributed by atoms with van der Waals surface area (Å²) >= 11 is 1.96. The van der Waals surface area contributed by atoms with Crippen molar-refractivity contribution in [2.75, 3.05) is 58.9 Å². The van der Waals surface area contributed by atoms with Crippen molar-refractivity contribution in [3.05, 3.63) is 0 Å². The van der Waals surface area contributed by atoms with Crippen LogP contribution in [0.5, 0.6) is 0 Å². The number of thioether (sulfide) groups is 1. The summed E-state index contributed by atoms with van der Waals surface area (Å²) in [6, 6.07) is 0.612. The highest BCUT2D eigenvalue weighted by Gasteiger charge is 2.30. The minimum Gasteiger partial charge on any atom is -0.380 e. The van der Waals surface area contributed by atoms with Gasteiger partial charge in [-0.3, -0.25) is 4.90 Å². The van der Waals surface area contributed by atoms with Crippen molar-refractivity contribution < 1.29 is 9.47 Å². The molecular weight excluding hydrogens is 248 g/mol. The van der Waals surface area contributed by atoms with E-state index < -0.39 is 0 Å². The van der Waals surface area contributed by atoms with E-state index >= 15 is 0 Å². The van der Waals surface area contributed by atoms with Crippen LogP contribution in [-0.4, -0.2) is 75.1 Å². The van der Waals surface area contributed by atoms with Gasteiger partial charge in [-0.05, 0) is 20.1 Å². The molecule has 5 heteroatoms. The molecule has 0 radical (unpaired) electrons. The summed E-state index contributed by atoms with van der Waals surface area (Å²) < 4.78 is 11.0. The molecule has 0 spiro atoms. The van der Waals surface area contributed by atoms with Gasteiger partial charge >= 0.3 is 0 Å². The Balaban J connectivity index is 2.41. The molecule has 0 aliphatic carbocycles. The van der Waals surface area contributed by atoms with Crippen molar-refractivity contribution >= 4 is 11.8 Å². The summed E-state index contributed by atoms with van der Waals surface area (Å²) in [4.78, 5) is 2.52. The highest BCUT2D eigenvalue weighted by molar-refractivity contribution is 7.99. The molecule has 4 nitrogen and oxygen atoms in total. The Morgan fingerprint density at radius 3 is 2.22 bits per heavy atom. The zero-order valence-corrected chi connectivity index (χ0v) is 12.8. The summed E-state index contributed by atoms with van der Waals surface area (Å²) in [5.41, 5.74) is 0. The molecule has 2 unspecified atom stereocenters. The van der Waals surface area contributed by atoms with Gasteiger partial charge < -0.3 is 14.8 Å². The van der Waals surface area contributed by atoms with Gasteiger partial charge in [0.2, 0.25) is 0 Å². The Morgan fingerprint density at radius 1 is 1.11 bits per heavy atom. The molecule has 1 N–H and O–H groups in total. The van der Waals surface area contributed by atoms with Gasteiger partial charge in [0.25, 0.3) is 0 Å². The summed E-state index contributed by atoms with van der Waals surface area (Å²) in [6.07, 6.45) is 2.20. The van der Waals surface area contributed by atoms with Gasteiger partial charge in [0.15, 0.2) is 0 Å². The lowest BCUT2D eigenvalue weighted by atomic mass is 10.2. The zero-order chi connectivity index (χ0) is 13.2. The molecule has 1 rings (SSSR count). The second-order valence-corrected chi connectivity index (χ2v) is 5.51. The Kier molecular flexibility index (Phi) is 9.06. The van der Waals surface area contributed by atoms with Crippen LogP contribution in [-0.2, 0) is 9.47 Å². The predicted octanol–water partition coefficient (Wildman–Crippen LogP) is 1.06. The highest BCUT2D eigenvalue weighted by Crippen LogP contribution is 2.19. The number of hydrogen-bond donors (Lipinski definition) is 1.